The Morgan fingerprint density at radius 1 is 1.16 bits per heavy atom. The van der Waals surface area contributed by atoms with Crippen molar-refractivity contribution in [2.75, 3.05) is 39.8 Å². The van der Waals surface area contributed by atoms with Crippen molar-refractivity contribution in [2.45, 2.75) is 19.4 Å². The SMILES string of the molecule is CNCC(=O)N(CCCCN)CC(=O)N(CC(N)=O)Cc1cccs1. The van der Waals surface area contributed by atoms with E-state index in [0.29, 0.717) is 19.6 Å². The third-order valence-electron chi connectivity index (χ3n) is 3.52. The van der Waals surface area contributed by atoms with Gasteiger partial charge in [-0.25, -0.2) is 0 Å². The molecule has 9 heteroatoms. The molecule has 1 rings (SSSR count). The van der Waals surface area contributed by atoms with E-state index in [1.165, 1.54) is 21.1 Å². The molecule has 0 aromatic carbocycles. The summed E-state index contributed by atoms with van der Waals surface area (Å²) >= 11 is 1.50. The normalized spacial score (nSPS) is 10.5. The quantitative estimate of drug-likeness (QED) is 0.423. The van der Waals surface area contributed by atoms with Gasteiger partial charge >= 0.3 is 0 Å². The molecule has 1 heterocycles. The first-order chi connectivity index (χ1) is 12.0. The first-order valence-corrected chi connectivity index (χ1v) is 9.06. The molecule has 0 radical (unpaired) electrons. The minimum Gasteiger partial charge on any atom is -0.368 e. The molecule has 3 amide bonds. The average molecular weight is 369 g/mol. The largest absolute Gasteiger partial charge is 0.368 e. The van der Waals surface area contributed by atoms with Gasteiger partial charge in [-0.05, 0) is 37.9 Å². The van der Waals surface area contributed by atoms with Crippen LogP contribution in [0, 0.1) is 0 Å². The minimum atomic E-state index is -0.582. The highest BCUT2D eigenvalue weighted by atomic mass is 32.1. The van der Waals surface area contributed by atoms with Gasteiger partial charge < -0.3 is 26.6 Å². The summed E-state index contributed by atoms with van der Waals surface area (Å²) < 4.78 is 0. The van der Waals surface area contributed by atoms with Crippen LogP contribution in [-0.2, 0) is 20.9 Å². The second-order valence-electron chi connectivity index (χ2n) is 5.64. The van der Waals surface area contributed by atoms with Crippen LogP contribution in [0.4, 0.5) is 0 Å². The lowest BCUT2D eigenvalue weighted by atomic mass is 10.2. The molecule has 0 aliphatic carbocycles. The van der Waals surface area contributed by atoms with Crippen LogP contribution in [0.1, 0.15) is 17.7 Å². The molecule has 1 aromatic heterocycles. The Labute approximate surface area is 152 Å². The molecule has 140 valence electrons. The minimum absolute atomic E-state index is 0.0796. The maximum Gasteiger partial charge on any atom is 0.242 e. The molecule has 0 saturated heterocycles. The number of hydrogen-bond donors (Lipinski definition) is 3. The number of hydrogen-bond acceptors (Lipinski definition) is 6. The van der Waals surface area contributed by atoms with Crippen LogP contribution < -0.4 is 16.8 Å². The molecule has 5 N–H and O–H groups in total. The molecular weight excluding hydrogens is 342 g/mol. The molecule has 0 bridgehead atoms. The van der Waals surface area contributed by atoms with Gasteiger partial charge in [-0.15, -0.1) is 11.3 Å². The lowest BCUT2D eigenvalue weighted by Crippen LogP contribution is -2.47. The summed E-state index contributed by atoms with van der Waals surface area (Å²) in [7, 11) is 1.67. The van der Waals surface area contributed by atoms with E-state index in [0.717, 1.165) is 17.7 Å². The fourth-order valence-electron chi connectivity index (χ4n) is 2.28. The molecule has 0 fully saturated rings. The maximum absolute atomic E-state index is 12.6. The summed E-state index contributed by atoms with van der Waals surface area (Å²) in [6.45, 7) is 1.19. The van der Waals surface area contributed by atoms with Crippen LogP contribution in [0.5, 0.6) is 0 Å². The van der Waals surface area contributed by atoms with Gasteiger partial charge in [0.05, 0.1) is 26.2 Å². The van der Waals surface area contributed by atoms with Crippen molar-refractivity contribution in [1.29, 1.82) is 0 Å². The predicted octanol–water partition coefficient (Wildman–Crippen LogP) is -0.651. The van der Waals surface area contributed by atoms with Crippen molar-refractivity contribution in [3.8, 4) is 0 Å². The highest BCUT2D eigenvalue weighted by Crippen LogP contribution is 2.12. The zero-order chi connectivity index (χ0) is 18.7. The number of nitrogens with one attached hydrogen (secondary N) is 1. The molecule has 8 nitrogen and oxygen atoms in total. The molecule has 25 heavy (non-hydrogen) atoms. The van der Waals surface area contributed by atoms with Crippen molar-refractivity contribution in [3.05, 3.63) is 22.4 Å². The second-order valence-corrected chi connectivity index (χ2v) is 6.67. The number of rotatable bonds is 12. The Kier molecular flexibility index (Phi) is 9.75. The van der Waals surface area contributed by atoms with Crippen molar-refractivity contribution in [3.63, 3.8) is 0 Å². The van der Waals surface area contributed by atoms with Crippen molar-refractivity contribution in [2.24, 2.45) is 11.5 Å². The standard InChI is InChI=1S/C16H27N5O3S/c1-19-9-15(23)20(7-3-2-6-17)12-16(24)21(11-14(18)22)10-13-5-4-8-25-13/h4-5,8,19H,2-3,6-7,9-12,17H2,1H3,(H2,18,22). The Balaban J connectivity index is 2.76. The molecule has 0 aliphatic rings. The predicted molar refractivity (Wildman–Crippen MR) is 97.7 cm³/mol. The summed E-state index contributed by atoms with van der Waals surface area (Å²) in [5.74, 6) is -1.05. The molecule has 1 aromatic rings. The van der Waals surface area contributed by atoms with E-state index in [9.17, 15) is 14.4 Å². The monoisotopic (exact) mass is 369 g/mol. The van der Waals surface area contributed by atoms with E-state index in [1.807, 2.05) is 17.5 Å². The zero-order valence-corrected chi connectivity index (χ0v) is 15.4. The van der Waals surface area contributed by atoms with Crippen LogP contribution in [0.15, 0.2) is 17.5 Å². The van der Waals surface area contributed by atoms with E-state index < -0.39 is 5.91 Å². The molecule has 0 saturated carbocycles. The zero-order valence-electron chi connectivity index (χ0n) is 14.6. The van der Waals surface area contributed by atoms with Gasteiger partial charge in [-0.3, -0.25) is 14.4 Å². The first-order valence-electron chi connectivity index (χ1n) is 8.18. The highest BCUT2D eigenvalue weighted by molar-refractivity contribution is 7.09. The third kappa shape index (κ3) is 8.10. The van der Waals surface area contributed by atoms with Gasteiger partial charge in [0.2, 0.25) is 17.7 Å². The van der Waals surface area contributed by atoms with Gasteiger partial charge in [0.15, 0.2) is 0 Å². The summed E-state index contributed by atoms with van der Waals surface area (Å²) in [5.41, 5.74) is 10.8. The van der Waals surface area contributed by atoms with Gasteiger partial charge in [-0.2, -0.15) is 0 Å². The van der Waals surface area contributed by atoms with Gasteiger partial charge in [0.25, 0.3) is 0 Å². The van der Waals surface area contributed by atoms with Crippen molar-refractivity contribution < 1.29 is 14.4 Å². The molecule has 0 spiro atoms. The van der Waals surface area contributed by atoms with E-state index in [-0.39, 0.29) is 31.4 Å². The van der Waals surface area contributed by atoms with Crippen LogP contribution in [0.3, 0.4) is 0 Å². The van der Waals surface area contributed by atoms with Crippen molar-refractivity contribution in [1.82, 2.24) is 15.1 Å². The lowest BCUT2D eigenvalue weighted by Gasteiger charge is -2.27. The van der Waals surface area contributed by atoms with Gasteiger partial charge in [-0.1, -0.05) is 6.07 Å². The number of nitrogens with two attached hydrogens (primary N) is 2. The van der Waals surface area contributed by atoms with Crippen LogP contribution >= 0.6 is 11.3 Å². The van der Waals surface area contributed by atoms with Crippen LogP contribution in [-0.4, -0.2) is 67.3 Å². The number of likely N-dealkylation sites (N-methyl/N-ethyl adjacent to an activating group) is 1. The van der Waals surface area contributed by atoms with Crippen LogP contribution in [0.2, 0.25) is 0 Å². The first kappa shape index (κ1) is 21.1. The van der Waals surface area contributed by atoms with Gasteiger partial charge in [0, 0.05) is 11.4 Å². The molecule has 0 aliphatic heterocycles. The van der Waals surface area contributed by atoms with E-state index in [4.69, 9.17) is 11.5 Å². The molecular formula is C16H27N5O3S. The van der Waals surface area contributed by atoms with Crippen molar-refractivity contribution >= 4 is 29.1 Å². The molecule has 0 atom stereocenters. The Morgan fingerprint density at radius 2 is 1.92 bits per heavy atom. The summed E-state index contributed by atoms with van der Waals surface area (Å²) in [6, 6.07) is 3.76. The Hall–Kier alpha value is -1.97. The smallest absolute Gasteiger partial charge is 0.242 e. The number of carbonyl (C=O) groups excluding carboxylic acids is 3. The Morgan fingerprint density at radius 3 is 2.48 bits per heavy atom. The van der Waals surface area contributed by atoms with E-state index in [2.05, 4.69) is 5.32 Å². The second kappa shape index (κ2) is 11.6. The number of amides is 3. The molecule has 0 unspecified atom stereocenters. The summed E-state index contributed by atoms with van der Waals surface area (Å²) in [6.07, 6.45) is 1.50. The average Bonchev–Trinajstić information content (AvgIpc) is 3.06. The lowest BCUT2D eigenvalue weighted by molar-refractivity contribution is -0.141. The fraction of sp³-hybridized carbons (Fsp3) is 0.562. The fourth-order valence-corrected chi connectivity index (χ4v) is 3.00. The van der Waals surface area contributed by atoms with Crippen LogP contribution in [0.25, 0.3) is 0 Å². The topological polar surface area (TPSA) is 122 Å². The summed E-state index contributed by atoms with van der Waals surface area (Å²) in [5, 5.41) is 4.70. The number of carbonyl (C=O) groups is 3. The Bertz CT molecular complexity index is 550. The number of unbranched alkanes of at least 4 members (excludes halogenated alkanes) is 1. The van der Waals surface area contributed by atoms with E-state index >= 15 is 0 Å². The highest BCUT2D eigenvalue weighted by Gasteiger charge is 2.22. The van der Waals surface area contributed by atoms with E-state index in [1.54, 1.807) is 7.05 Å². The number of thiophene rings is 1. The third-order valence-corrected chi connectivity index (χ3v) is 4.38. The van der Waals surface area contributed by atoms with Gasteiger partial charge in [0.1, 0.15) is 0 Å². The maximum atomic E-state index is 12.6. The summed E-state index contributed by atoms with van der Waals surface area (Å²) in [4.78, 5) is 40.0. The number of nitrogens with zero attached hydrogens (tertiary/aromatic N) is 2. The number of primary amides is 1.